The van der Waals surface area contributed by atoms with Crippen LogP contribution in [-0.2, 0) is 9.53 Å². The van der Waals surface area contributed by atoms with E-state index in [0.29, 0.717) is 60.2 Å². The van der Waals surface area contributed by atoms with Gasteiger partial charge in [0.05, 0.1) is 19.7 Å². The number of nitrogens with two attached hydrogens (primary N) is 1. The number of ether oxygens (including phenoxy) is 2. The number of carbonyl (C=O) groups excluding carboxylic acids is 3. The fraction of sp³-hybridized carbons (Fsp3) is 0.464. The number of hydrogen-bond acceptors (Lipinski definition) is 10. The van der Waals surface area contributed by atoms with Crippen LogP contribution in [0.2, 0.25) is 0 Å². The van der Waals surface area contributed by atoms with Crippen LogP contribution < -0.4 is 36.0 Å². The Labute approximate surface area is 243 Å². The maximum atomic E-state index is 13.2. The molecule has 0 fully saturated rings. The van der Waals surface area contributed by atoms with Crippen molar-refractivity contribution in [3.8, 4) is 5.75 Å². The summed E-state index contributed by atoms with van der Waals surface area (Å²) < 4.78 is 11.1. The van der Waals surface area contributed by atoms with Crippen molar-refractivity contribution in [1.29, 1.82) is 0 Å². The molecule has 0 radical (unpaired) electrons. The molecule has 3 heterocycles. The maximum absolute atomic E-state index is 13.2. The predicted octanol–water partition coefficient (Wildman–Crippen LogP) is 0.0861. The van der Waals surface area contributed by atoms with Crippen LogP contribution in [0.1, 0.15) is 51.5 Å². The first-order valence-corrected chi connectivity index (χ1v) is 13.9. The highest BCUT2D eigenvalue weighted by Gasteiger charge is 2.55. The molecule has 0 saturated heterocycles. The number of alkyl carbamates (subject to hydrolysis) is 1. The number of quaternary nitrogens is 1. The molecule has 1 aromatic carbocycles. The van der Waals surface area contributed by atoms with E-state index in [0.717, 1.165) is 5.69 Å². The van der Waals surface area contributed by atoms with Gasteiger partial charge in [0.1, 0.15) is 28.5 Å². The molecule has 2 aromatic heterocycles. The maximum Gasteiger partial charge on any atom is 0.407 e. The minimum absolute atomic E-state index is 0.0743. The Bertz CT molecular complexity index is 1470. The summed E-state index contributed by atoms with van der Waals surface area (Å²) in [5, 5.41) is 18.3. The normalized spacial score (nSPS) is 18.0. The van der Waals surface area contributed by atoms with Crippen molar-refractivity contribution < 1.29 is 33.9 Å². The van der Waals surface area contributed by atoms with Crippen LogP contribution >= 0.6 is 0 Å². The molecule has 14 nitrogen and oxygen atoms in total. The third-order valence-electron chi connectivity index (χ3n) is 6.94. The number of aromatic amines is 1. The predicted molar refractivity (Wildman–Crippen MR) is 153 cm³/mol. The largest absolute Gasteiger partial charge is 0.542 e. The lowest BCUT2D eigenvalue weighted by molar-refractivity contribution is -0.872. The van der Waals surface area contributed by atoms with E-state index >= 15 is 0 Å². The molecule has 0 bridgehead atoms. The zero-order valence-corrected chi connectivity index (χ0v) is 24.5. The van der Waals surface area contributed by atoms with E-state index < -0.39 is 29.2 Å². The number of nitrogens with zero attached hydrogens (tertiary/aromatic N) is 3. The van der Waals surface area contributed by atoms with Crippen molar-refractivity contribution in [1.82, 2.24) is 25.6 Å². The molecule has 14 heteroatoms. The Morgan fingerprint density at radius 2 is 1.93 bits per heavy atom. The van der Waals surface area contributed by atoms with Gasteiger partial charge in [0.2, 0.25) is 5.66 Å². The number of carboxylic acid groups (broad SMARTS) is 1. The zero-order chi connectivity index (χ0) is 30.7. The summed E-state index contributed by atoms with van der Waals surface area (Å²) in [6.45, 7) is 10.2. The van der Waals surface area contributed by atoms with Gasteiger partial charge in [-0.25, -0.2) is 14.8 Å². The SMILES string of the molecule is CCN1c2cc(OCCCNC(=O)OC(C)(C)C)ccc2[NH+](CC)C1(CNC(=O)c1nc2cc[nH]c2nc1N)C(=O)[O-]. The lowest BCUT2D eigenvalue weighted by atomic mass is 10.1. The standard InChI is InChI=1S/C28H38N8O6/c1-6-35-19-10-9-17(41-14-8-12-31-26(40)42-27(3,4)5)15-20(19)36(7-2)28(35,25(38)39)16-32-24(37)21-22(29)34-23-18(33-21)11-13-30-23/h9-11,13,15H,6-8,12,14,16H2,1-5H3,(H,31,40)(H,32,37)(H,38,39)(H3,29,30,34). The minimum Gasteiger partial charge on any atom is -0.542 e. The minimum atomic E-state index is -1.64. The van der Waals surface area contributed by atoms with E-state index in [2.05, 4.69) is 25.6 Å². The quantitative estimate of drug-likeness (QED) is 0.194. The number of amides is 2. The number of rotatable bonds is 11. The first-order valence-electron chi connectivity index (χ1n) is 13.9. The molecule has 226 valence electrons. The van der Waals surface area contributed by atoms with E-state index in [-0.39, 0.29) is 18.1 Å². The highest BCUT2D eigenvalue weighted by atomic mass is 16.6. The number of nitrogen functional groups attached to an aromatic ring is 1. The highest BCUT2D eigenvalue weighted by molar-refractivity contribution is 5.98. The van der Waals surface area contributed by atoms with Crippen LogP contribution in [0.15, 0.2) is 30.5 Å². The molecule has 2 atom stereocenters. The fourth-order valence-electron chi connectivity index (χ4n) is 5.21. The molecule has 2 unspecified atom stereocenters. The van der Waals surface area contributed by atoms with E-state index in [1.165, 1.54) is 0 Å². The second kappa shape index (κ2) is 12.1. The molecule has 1 aliphatic heterocycles. The van der Waals surface area contributed by atoms with Crippen LogP contribution in [0, 0.1) is 0 Å². The number of aromatic nitrogens is 3. The van der Waals surface area contributed by atoms with Gasteiger partial charge in [0, 0.05) is 31.4 Å². The molecule has 3 aromatic rings. The fourth-order valence-corrected chi connectivity index (χ4v) is 5.21. The molecule has 1 aliphatic rings. The van der Waals surface area contributed by atoms with Gasteiger partial charge in [0.25, 0.3) is 5.91 Å². The van der Waals surface area contributed by atoms with Gasteiger partial charge in [-0.2, -0.15) is 0 Å². The van der Waals surface area contributed by atoms with Crippen LogP contribution in [0.3, 0.4) is 0 Å². The Morgan fingerprint density at radius 3 is 2.60 bits per heavy atom. The van der Waals surface area contributed by atoms with Gasteiger partial charge >= 0.3 is 6.09 Å². The summed E-state index contributed by atoms with van der Waals surface area (Å²) in [7, 11) is 0. The number of fused-ring (bicyclic) bond motifs is 2. The number of aliphatic carboxylic acids is 1. The van der Waals surface area contributed by atoms with E-state index in [1.54, 1.807) is 50.1 Å². The van der Waals surface area contributed by atoms with E-state index in [9.17, 15) is 19.5 Å². The van der Waals surface area contributed by atoms with Crippen LogP contribution in [-0.4, -0.2) is 77.0 Å². The van der Waals surface area contributed by atoms with Crippen molar-refractivity contribution in [2.75, 3.05) is 43.4 Å². The zero-order valence-electron chi connectivity index (χ0n) is 24.5. The van der Waals surface area contributed by atoms with Crippen LogP contribution in [0.25, 0.3) is 11.2 Å². The van der Waals surface area contributed by atoms with Gasteiger partial charge < -0.3 is 45.6 Å². The smallest absolute Gasteiger partial charge is 0.407 e. The molecule has 2 amide bonds. The molecule has 42 heavy (non-hydrogen) atoms. The highest BCUT2D eigenvalue weighted by Crippen LogP contribution is 2.37. The lowest BCUT2D eigenvalue weighted by Crippen LogP contribution is -3.19. The first-order chi connectivity index (χ1) is 19.9. The molecule has 6 N–H and O–H groups in total. The monoisotopic (exact) mass is 582 g/mol. The first kappa shape index (κ1) is 30.4. The summed E-state index contributed by atoms with van der Waals surface area (Å²) in [6.07, 6.45) is 1.68. The Morgan fingerprint density at radius 1 is 1.17 bits per heavy atom. The van der Waals surface area contributed by atoms with Gasteiger partial charge in [0.15, 0.2) is 22.8 Å². The summed E-state index contributed by atoms with van der Waals surface area (Å²) in [5.74, 6) is -1.51. The third-order valence-corrected chi connectivity index (χ3v) is 6.94. The number of H-pyrrole nitrogens is 1. The van der Waals surface area contributed by atoms with Gasteiger partial charge in [-0.1, -0.05) is 0 Å². The molecular weight excluding hydrogens is 544 g/mol. The van der Waals surface area contributed by atoms with Gasteiger partial charge in [-0.15, -0.1) is 0 Å². The number of carboxylic acids is 1. The molecule has 0 spiro atoms. The number of hydrogen-bond donors (Lipinski definition) is 5. The molecule has 4 rings (SSSR count). The van der Waals surface area contributed by atoms with E-state index in [1.807, 2.05) is 19.9 Å². The second-order valence-corrected chi connectivity index (χ2v) is 10.9. The summed E-state index contributed by atoms with van der Waals surface area (Å²) in [4.78, 5) is 51.5. The Hall–Kier alpha value is -4.59. The van der Waals surface area contributed by atoms with E-state index in [4.69, 9.17) is 15.2 Å². The average molecular weight is 583 g/mol. The Kier molecular flexibility index (Phi) is 8.75. The number of anilines is 2. The molecular formula is C28H38N8O6. The van der Waals surface area contributed by atoms with Crippen molar-refractivity contribution >= 4 is 46.3 Å². The average Bonchev–Trinajstić information content (AvgIpc) is 3.49. The number of likely N-dealkylation sites (N-methyl/N-ethyl adjacent to an activating group) is 2. The summed E-state index contributed by atoms with van der Waals surface area (Å²) in [6, 6.07) is 7.04. The third kappa shape index (κ3) is 6.03. The van der Waals surface area contributed by atoms with Crippen LogP contribution in [0.5, 0.6) is 5.75 Å². The second-order valence-electron chi connectivity index (χ2n) is 10.9. The summed E-state index contributed by atoms with van der Waals surface area (Å²) in [5.41, 5.74) is 5.96. The molecule has 0 aliphatic carbocycles. The molecule has 0 saturated carbocycles. The van der Waals surface area contributed by atoms with Gasteiger partial charge in [-0.3, -0.25) is 9.69 Å². The number of nitrogens with one attached hydrogen (secondary N) is 4. The Balaban J connectivity index is 1.48. The van der Waals surface area contributed by atoms with Crippen molar-refractivity contribution in [2.45, 2.75) is 52.3 Å². The number of carbonyl (C=O) groups is 3. The van der Waals surface area contributed by atoms with Crippen molar-refractivity contribution in [3.63, 3.8) is 0 Å². The van der Waals surface area contributed by atoms with Crippen molar-refractivity contribution in [3.05, 3.63) is 36.2 Å². The lowest BCUT2D eigenvalue weighted by Gasteiger charge is -2.41. The number of benzene rings is 1. The van der Waals surface area contributed by atoms with Crippen molar-refractivity contribution in [2.24, 2.45) is 0 Å². The summed E-state index contributed by atoms with van der Waals surface area (Å²) >= 11 is 0. The van der Waals surface area contributed by atoms with Gasteiger partial charge in [-0.05, 0) is 53.2 Å². The van der Waals surface area contributed by atoms with Crippen LogP contribution in [0.4, 0.5) is 22.0 Å². The topological polar surface area (TPSA) is 192 Å².